The first kappa shape index (κ1) is 14.6. The van der Waals surface area contributed by atoms with Crippen molar-refractivity contribution < 1.29 is 9.15 Å². The summed E-state index contributed by atoms with van der Waals surface area (Å²) in [4.78, 5) is 0. The van der Waals surface area contributed by atoms with Gasteiger partial charge in [0, 0.05) is 5.56 Å². The maximum atomic E-state index is 6.01. The molecule has 3 heteroatoms. The van der Waals surface area contributed by atoms with Crippen LogP contribution >= 0.6 is 0 Å². The van der Waals surface area contributed by atoms with E-state index in [9.17, 15) is 0 Å². The van der Waals surface area contributed by atoms with Gasteiger partial charge >= 0.3 is 0 Å². The van der Waals surface area contributed by atoms with Crippen molar-refractivity contribution in [1.29, 1.82) is 0 Å². The number of nitrogens with one attached hydrogen (secondary N) is 1. The molecule has 1 aliphatic rings. The Morgan fingerprint density at radius 3 is 2.84 bits per heavy atom. The van der Waals surface area contributed by atoms with Crippen molar-refractivity contribution in [3.8, 4) is 0 Å². The van der Waals surface area contributed by atoms with Crippen LogP contribution in [0.25, 0.3) is 0 Å². The summed E-state index contributed by atoms with van der Waals surface area (Å²) in [6.45, 7) is 6.76. The van der Waals surface area contributed by atoms with Crippen molar-refractivity contribution >= 4 is 0 Å². The fraction of sp³-hybridized carbons (Fsp3) is 0.750. The number of furan rings is 1. The normalized spacial score (nSPS) is 16.9. The van der Waals surface area contributed by atoms with E-state index in [0.717, 1.165) is 31.0 Å². The number of hydrogen-bond donors (Lipinski definition) is 1. The summed E-state index contributed by atoms with van der Waals surface area (Å²) in [5.74, 6) is 2.03. The van der Waals surface area contributed by atoms with Crippen LogP contribution in [0.15, 0.2) is 10.5 Å². The van der Waals surface area contributed by atoms with Crippen molar-refractivity contribution in [1.82, 2.24) is 5.32 Å². The van der Waals surface area contributed by atoms with Crippen LogP contribution < -0.4 is 5.32 Å². The van der Waals surface area contributed by atoms with Crippen LogP contribution in [0.4, 0.5) is 0 Å². The first-order chi connectivity index (χ1) is 9.29. The predicted molar refractivity (Wildman–Crippen MR) is 77.1 cm³/mol. The van der Waals surface area contributed by atoms with Gasteiger partial charge in [0.1, 0.15) is 11.5 Å². The third-order valence-corrected chi connectivity index (χ3v) is 3.82. The van der Waals surface area contributed by atoms with Crippen LogP contribution in [0.1, 0.15) is 62.5 Å². The van der Waals surface area contributed by atoms with E-state index < -0.39 is 0 Å². The zero-order valence-corrected chi connectivity index (χ0v) is 12.3. The van der Waals surface area contributed by atoms with E-state index in [1.807, 2.05) is 6.92 Å². The summed E-state index contributed by atoms with van der Waals surface area (Å²) >= 11 is 0. The zero-order chi connectivity index (χ0) is 13.5. The molecule has 1 saturated carbocycles. The third kappa shape index (κ3) is 4.66. The molecule has 1 aromatic rings. The van der Waals surface area contributed by atoms with Gasteiger partial charge in [-0.25, -0.2) is 0 Å². The van der Waals surface area contributed by atoms with Crippen LogP contribution in [-0.2, 0) is 17.9 Å². The largest absolute Gasteiger partial charge is 0.465 e. The van der Waals surface area contributed by atoms with Gasteiger partial charge in [-0.15, -0.1) is 0 Å². The minimum absolute atomic E-state index is 0.463. The van der Waals surface area contributed by atoms with E-state index in [1.54, 1.807) is 0 Å². The molecule has 0 aliphatic heterocycles. The standard InChI is InChI=1S/C16H27NO2/c1-3-9-17-11-16-10-14(13(2)19-16)12-18-15-7-5-4-6-8-15/h10,15,17H,3-9,11-12H2,1-2H3. The SMILES string of the molecule is CCCNCc1cc(COC2CCCCC2)c(C)o1. The smallest absolute Gasteiger partial charge is 0.118 e. The maximum Gasteiger partial charge on any atom is 0.118 e. The van der Waals surface area contributed by atoms with E-state index in [-0.39, 0.29) is 0 Å². The van der Waals surface area contributed by atoms with Gasteiger partial charge in [0.25, 0.3) is 0 Å². The Kier molecular flexibility index (Phi) is 5.93. The Hall–Kier alpha value is -0.800. The van der Waals surface area contributed by atoms with E-state index in [2.05, 4.69) is 18.3 Å². The molecule has 19 heavy (non-hydrogen) atoms. The molecule has 0 bridgehead atoms. The highest BCUT2D eigenvalue weighted by molar-refractivity contribution is 5.20. The second-order valence-electron chi connectivity index (χ2n) is 5.54. The lowest BCUT2D eigenvalue weighted by Crippen LogP contribution is -2.16. The number of aryl methyl sites for hydroxylation is 1. The first-order valence-corrected chi connectivity index (χ1v) is 7.70. The van der Waals surface area contributed by atoms with Crippen molar-refractivity contribution in [2.24, 2.45) is 0 Å². The van der Waals surface area contributed by atoms with Crippen molar-refractivity contribution in [2.45, 2.75) is 71.6 Å². The summed E-state index contributed by atoms with van der Waals surface area (Å²) in [6.07, 6.45) is 8.08. The number of hydrogen-bond acceptors (Lipinski definition) is 3. The molecule has 0 amide bonds. The highest BCUT2D eigenvalue weighted by atomic mass is 16.5. The van der Waals surface area contributed by atoms with Crippen molar-refractivity contribution in [3.05, 3.63) is 23.2 Å². The van der Waals surface area contributed by atoms with Gasteiger partial charge in [0.2, 0.25) is 0 Å². The molecule has 108 valence electrons. The Morgan fingerprint density at radius 1 is 1.32 bits per heavy atom. The van der Waals surface area contributed by atoms with Gasteiger partial charge < -0.3 is 14.5 Å². The second kappa shape index (κ2) is 7.71. The molecule has 0 radical (unpaired) electrons. The fourth-order valence-corrected chi connectivity index (χ4v) is 2.65. The van der Waals surface area contributed by atoms with Gasteiger partial charge in [-0.1, -0.05) is 26.2 Å². The molecule has 1 fully saturated rings. The summed E-state index contributed by atoms with van der Waals surface area (Å²) in [5.41, 5.74) is 1.21. The molecular formula is C16H27NO2. The molecule has 1 N–H and O–H groups in total. The summed E-state index contributed by atoms with van der Waals surface area (Å²) < 4.78 is 11.8. The quantitative estimate of drug-likeness (QED) is 0.758. The van der Waals surface area contributed by atoms with E-state index in [4.69, 9.17) is 9.15 Å². The summed E-state index contributed by atoms with van der Waals surface area (Å²) in [7, 11) is 0. The molecule has 0 spiro atoms. The molecule has 1 aliphatic carbocycles. The summed E-state index contributed by atoms with van der Waals surface area (Å²) in [6, 6.07) is 2.14. The van der Waals surface area contributed by atoms with Crippen LogP contribution in [0, 0.1) is 6.92 Å². The third-order valence-electron chi connectivity index (χ3n) is 3.82. The second-order valence-corrected chi connectivity index (χ2v) is 5.54. The maximum absolute atomic E-state index is 6.01. The average Bonchev–Trinajstić information content (AvgIpc) is 2.78. The van der Waals surface area contributed by atoms with Crippen LogP contribution in [0.3, 0.4) is 0 Å². The Bertz CT molecular complexity index is 367. The lowest BCUT2D eigenvalue weighted by molar-refractivity contribution is 0.0164. The minimum Gasteiger partial charge on any atom is -0.465 e. The lowest BCUT2D eigenvalue weighted by Gasteiger charge is -2.21. The molecule has 0 unspecified atom stereocenters. The van der Waals surface area contributed by atoms with E-state index in [0.29, 0.717) is 12.7 Å². The monoisotopic (exact) mass is 265 g/mol. The van der Waals surface area contributed by atoms with Crippen LogP contribution in [0.2, 0.25) is 0 Å². The Morgan fingerprint density at radius 2 is 2.11 bits per heavy atom. The molecule has 3 nitrogen and oxygen atoms in total. The molecule has 1 aromatic heterocycles. The number of ether oxygens (including phenoxy) is 1. The highest BCUT2D eigenvalue weighted by Gasteiger charge is 2.15. The van der Waals surface area contributed by atoms with Gasteiger partial charge in [-0.3, -0.25) is 0 Å². The number of rotatable bonds is 7. The Labute approximate surface area is 116 Å². The van der Waals surface area contributed by atoms with Gasteiger partial charge in [-0.05, 0) is 38.8 Å². The van der Waals surface area contributed by atoms with Gasteiger partial charge in [0.05, 0.1) is 19.3 Å². The van der Waals surface area contributed by atoms with Gasteiger partial charge in [0.15, 0.2) is 0 Å². The van der Waals surface area contributed by atoms with E-state index in [1.165, 1.54) is 37.7 Å². The van der Waals surface area contributed by atoms with E-state index >= 15 is 0 Å². The molecule has 2 rings (SSSR count). The first-order valence-electron chi connectivity index (χ1n) is 7.70. The lowest BCUT2D eigenvalue weighted by atomic mass is 9.98. The molecular weight excluding hydrogens is 238 g/mol. The van der Waals surface area contributed by atoms with Crippen molar-refractivity contribution in [3.63, 3.8) is 0 Å². The molecule has 1 heterocycles. The molecule has 0 atom stereocenters. The van der Waals surface area contributed by atoms with Crippen LogP contribution in [-0.4, -0.2) is 12.6 Å². The highest BCUT2D eigenvalue weighted by Crippen LogP contribution is 2.23. The topological polar surface area (TPSA) is 34.4 Å². The Balaban J connectivity index is 1.78. The molecule has 0 aromatic carbocycles. The predicted octanol–water partition coefficient (Wildman–Crippen LogP) is 3.94. The minimum atomic E-state index is 0.463. The van der Waals surface area contributed by atoms with Crippen LogP contribution in [0.5, 0.6) is 0 Å². The van der Waals surface area contributed by atoms with Gasteiger partial charge in [-0.2, -0.15) is 0 Å². The fourth-order valence-electron chi connectivity index (χ4n) is 2.65. The molecule has 0 saturated heterocycles. The van der Waals surface area contributed by atoms with Crippen molar-refractivity contribution in [2.75, 3.05) is 6.54 Å². The average molecular weight is 265 g/mol. The summed E-state index contributed by atoms with van der Waals surface area (Å²) in [5, 5.41) is 3.36. The zero-order valence-electron chi connectivity index (χ0n) is 12.3.